The highest BCUT2D eigenvalue weighted by Gasteiger charge is 2.30. The number of para-hydroxylation sites is 1. The van der Waals surface area contributed by atoms with Gasteiger partial charge in [-0.25, -0.2) is 0 Å². The van der Waals surface area contributed by atoms with Crippen molar-refractivity contribution >= 4 is 28.6 Å². The average molecular weight is 506 g/mol. The Morgan fingerprint density at radius 1 is 1.08 bits per heavy atom. The van der Waals surface area contributed by atoms with Crippen LogP contribution in [0.5, 0.6) is 0 Å². The first kappa shape index (κ1) is 24.6. The van der Waals surface area contributed by atoms with E-state index in [0.717, 1.165) is 30.7 Å². The highest BCUT2D eigenvalue weighted by Crippen LogP contribution is 2.35. The largest absolute Gasteiger partial charge is 0.416 e. The van der Waals surface area contributed by atoms with E-state index >= 15 is 0 Å². The van der Waals surface area contributed by atoms with Gasteiger partial charge in [0.05, 0.1) is 12.1 Å². The van der Waals surface area contributed by atoms with Crippen LogP contribution in [0.1, 0.15) is 43.1 Å². The lowest BCUT2D eigenvalue weighted by molar-refractivity contribution is -0.137. The Bertz CT molecular complexity index is 1440. The standard InChI is InChI=1S/C27H26F3N7/c1-17(19-7-6-8-19)32-24-23-25(34-22(15-31)33-24)35-26(36(2)21-9-4-3-5-10-21)37(23)16-18-11-13-20(14-12-18)27(28,29)30/h3-5,9-14,17,19H,6-8,16H2,1-2H3,(H,32,33,34). The highest BCUT2D eigenvalue weighted by molar-refractivity contribution is 5.87. The van der Waals surface area contributed by atoms with Gasteiger partial charge >= 0.3 is 6.18 Å². The van der Waals surface area contributed by atoms with Gasteiger partial charge in [-0.2, -0.15) is 33.4 Å². The van der Waals surface area contributed by atoms with Gasteiger partial charge in [-0.15, -0.1) is 0 Å². The molecule has 0 amide bonds. The zero-order valence-electron chi connectivity index (χ0n) is 20.5. The number of imidazole rings is 1. The Balaban J connectivity index is 1.64. The van der Waals surface area contributed by atoms with Crippen LogP contribution in [0.25, 0.3) is 11.2 Å². The molecular formula is C27H26F3N7. The van der Waals surface area contributed by atoms with Gasteiger partial charge in [0, 0.05) is 18.8 Å². The molecule has 7 nitrogen and oxygen atoms in total. The second-order valence-electron chi connectivity index (χ2n) is 9.39. The summed E-state index contributed by atoms with van der Waals surface area (Å²) in [6.07, 6.45) is -0.965. The maximum Gasteiger partial charge on any atom is 0.416 e. The van der Waals surface area contributed by atoms with Crippen molar-refractivity contribution in [3.8, 4) is 6.07 Å². The molecular weight excluding hydrogens is 479 g/mol. The van der Waals surface area contributed by atoms with Crippen molar-refractivity contribution in [2.75, 3.05) is 17.3 Å². The molecule has 0 radical (unpaired) electrons. The molecule has 5 rings (SSSR count). The molecule has 0 saturated heterocycles. The molecule has 4 aromatic rings. The summed E-state index contributed by atoms with van der Waals surface area (Å²) in [5.74, 6) is 1.54. The van der Waals surface area contributed by atoms with Gasteiger partial charge in [-0.05, 0) is 55.5 Å². The molecule has 37 heavy (non-hydrogen) atoms. The molecule has 190 valence electrons. The first-order valence-corrected chi connectivity index (χ1v) is 12.1. The Morgan fingerprint density at radius 3 is 2.38 bits per heavy atom. The van der Waals surface area contributed by atoms with E-state index in [4.69, 9.17) is 4.98 Å². The summed E-state index contributed by atoms with van der Waals surface area (Å²) in [7, 11) is 1.86. The maximum absolute atomic E-state index is 13.1. The average Bonchev–Trinajstić information content (AvgIpc) is 3.21. The van der Waals surface area contributed by atoms with Gasteiger partial charge in [0.25, 0.3) is 0 Å². The number of fused-ring (bicyclic) bond motifs is 1. The van der Waals surface area contributed by atoms with Crippen LogP contribution in [0.4, 0.5) is 30.6 Å². The second-order valence-corrected chi connectivity index (χ2v) is 9.39. The SMILES string of the molecule is CC(Nc1nc(C#N)nc2nc(N(C)c3ccccc3)n(Cc3ccc(C(F)(F)F)cc3)c12)C1CCC1. The number of hydrogen-bond donors (Lipinski definition) is 1. The molecule has 1 atom stereocenters. The second kappa shape index (κ2) is 9.73. The molecule has 1 fully saturated rings. The van der Waals surface area contributed by atoms with Gasteiger partial charge in [0.1, 0.15) is 11.6 Å². The molecule has 0 aliphatic heterocycles. The van der Waals surface area contributed by atoms with Gasteiger partial charge in [0.15, 0.2) is 11.5 Å². The Kier molecular flexibility index (Phi) is 6.46. The van der Waals surface area contributed by atoms with E-state index < -0.39 is 11.7 Å². The third-order valence-electron chi connectivity index (χ3n) is 6.97. The lowest BCUT2D eigenvalue weighted by atomic mass is 9.80. The van der Waals surface area contributed by atoms with E-state index in [9.17, 15) is 18.4 Å². The number of anilines is 3. The van der Waals surface area contributed by atoms with Crippen LogP contribution in [-0.4, -0.2) is 32.6 Å². The van der Waals surface area contributed by atoms with Crippen molar-refractivity contribution in [2.24, 2.45) is 5.92 Å². The Labute approximate surface area is 212 Å². The van der Waals surface area contributed by atoms with Gasteiger partial charge in [-0.1, -0.05) is 36.8 Å². The summed E-state index contributed by atoms with van der Waals surface area (Å²) in [5, 5.41) is 13.1. The third kappa shape index (κ3) is 4.94. The van der Waals surface area contributed by atoms with E-state index in [1.807, 2.05) is 52.9 Å². The molecule has 1 N–H and O–H groups in total. The van der Waals surface area contributed by atoms with Crippen LogP contribution >= 0.6 is 0 Å². The van der Waals surface area contributed by atoms with Gasteiger partial charge in [0.2, 0.25) is 11.8 Å². The van der Waals surface area contributed by atoms with Crippen molar-refractivity contribution in [3.05, 3.63) is 71.5 Å². The van der Waals surface area contributed by atoms with E-state index in [1.54, 1.807) is 0 Å². The predicted molar refractivity (Wildman–Crippen MR) is 136 cm³/mol. The number of hydrogen-bond acceptors (Lipinski definition) is 6. The molecule has 10 heteroatoms. The van der Waals surface area contributed by atoms with Crippen LogP contribution in [-0.2, 0) is 12.7 Å². The monoisotopic (exact) mass is 505 g/mol. The van der Waals surface area contributed by atoms with Crippen molar-refractivity contribution in [1.29, 1.82) is 5.26 Å². The number of benzene rings is 2. The van der Waals surface area contributed by atoms with Gasteiger partial charge in [-0.3, -0.25) is 0 Å². The van der Waals surface area contributed by atoms with Crippen LogP contribution in [0, 0.1) is 17.2 Å². The fourth-order valence-corrected chi connectivity index (χ4v) is 4.60. The lowest BCUT2D eigenvalue weighted by Crippen LogP contribution is -2.31. The highest BCUT2D eigenvalue weighted by atomic mass is 19.4. The Hall–Kier alpha value is -4.13. The normalized spacial score (nSPS) is 14.7. The minimum atomic E-state index is -4.41. The molecule has 2 aromatic heterocycles. The zero-order chi connectivity index (χ0) is 26.2. The van der Waals surface area contributed by atoms with Crippen molar-refractivity contribution < 1.29 is 13.2 Å². The molecule has 1 unspecified atom stereocenters. The Morgan fingerprint density at radius 2 is 1.78 bits per heavy atom. The number of halogens is 3. The molecule has 2 heterocycles. The summed E-state index contributed by atoms with van der Waals surface area (Å²) < 4.78 is 41.3. The molecule has 0 spiro atoms. The fraction of sp³-hybridized carbons (Fsp3) is 0.333. The number of rotatable bonds is 7. The van der Waals surface area contributed by atoms with Crippen LogP contribution in [0.15, 0.2) is 54.6 Å². The van der Waals surface area contributed by atoms with Crippen molar-refractivity contribution in [2.45, 2.75) is 44.9 Å². The topological polar surface area (TPSA) is 82.7 Å². The summed E-state index contributed by atoms with van der Waals surface area (Å²) in [6, 6.07) is 16.9. The van der Waals surface area contributed by atoms with Crippen LogP contribution < -0.4 is 10.2 Å². The minimum Gasteiger partial charge on any atom is -0.365 e. The zero-order valence-corrected chi connectivity index (χ0v) is 20.5. The lowest BCUT2D eigenvalue weighted by Gasteiger charge is -2.32. The predicted octanol–water partition coefficient (Wildman–Crippen LogP) is 6.13. The van der Waals surface area contributed by atoms with Crippen LogP contribution in [0.3, 0.4) is 0 Å². The number of nitrogens with zero attached hydrogens (tertiary/aromatic N) is 6. The number of nitrogens with one attached hydrogen (secondary N) is 1. The summed E-state index contributed by atoms with van der Waals surface area (Å²) in [6.45, 7) is 2.33. The quantitative estimate of drug-likeness (QED) is 0.325. The molecule has 0 bridgehead atoms. The van der Waals surface area contributed by atoms with Gasteiger partial charge < -0.3 is 14.8 Å². The maximum atomic E-state index is 13.1. The summed E-state index contributed by atoms with van der Waals surface area (Å²) in [4.78, 5) is 15.5. The molecule has 1 aliphatic rings. The van der Waals surface area contributed by atoms with Crippen molar-refractivity contribution in [1.82, 2.24) is 19.5 Å². The number of aromatic nitrogens is 4. The van der Waals surface area contributed by atoms with E-state index in [1.165, 1.54) is 18.6 Å². The number of nitriles is 1. The van der Waals surface area contributed by atoms with Crippen molar-refractivity contribution in [3.63, 3.8) is 0 Å². The smallest absolute Gasteiger partial charge is 0.365 e. The summed E-state index contributed by atoms with van der Waals surface area (Å²) in [5.41, 5.74) is 1.78. The van der Waals surface area contributed by atoms with E-state index in [0.29, 0.717) is 34.4 Å². The molecule has 2 aromatic carbocycles. The van der Waals surface area contributed by atoms with E-state index in [-0.39, 0.29) is 18.4 Å². The first-order valence-electron chi connectivity index (χ1n) is 12.1. The minimum absolute atomic E-state index is 0.00361. The number of alkyl halides is 3. The first-order chi connectivity index (χ1) is 17.7. The fourth-order valence-electron chi connectivity index (χ4n) is 4.60. The van der Waals surface area contributed by atoms with Crippen LogP contribution in [0.2, 0.25) is 0 Å². The third-order valence-corrected chi connectivity index (χ3v) is 6.97. The molecule has 1 saturated carbocycles. The van der Waals surface area contributed by atoms with E-state index in [2.05, 4.69) is 22.2 Å². The summed E-state index contributed by atoms with van der Waals surface area (Å²) >= 11 is 0. The molecule has 1 aliphatic carbocycles.